The summed E-state index contributed by atoms with van der Waals surface area (Å²) in [5.41, 5.74) is -0.219. The first-order valence-electron chi connectivity index (χ1n) is 5.66. The van der Waals surface area contributed by atoms with Gasteiger partial charge in [0.2, 0.25) is 5.91 Å². The van der Waals surface area contributed by atoms with E-state index in [0.717, 1.165) is 24.3 Å². The molecule has 0 radical (unpaired) electrons. The highest BCUT2D eigenvalue weighted by Crippen LogP contribution is 2.16. The quantitative estimate of drug-likeness (QED) is 0.471. The lowest BCUT2D eigenvalue weighted by molar-refractivity contribution is -0.384. The number of carbonyl (C=O) groups is 1. The maximum absolute atomic E-state index is 11.9. The zero-order chi connectivity index (χ0) is 15.3. The van der Waals surface area contributed by atoms with E-state index >= 15 is 0 Å². The van der Waals surface area contributed by atoms with E-state index in [1.807, 2.05) is 11.6 Å². The maximum atomic E-state index is 11.9. The van der Waals surface area contributed by atoms with Crippen molar-refractivity contribution in [1.29, 1.82) is 0 Å². The second-order valence-corrected chi connectivity index (χ2v) is 7.34. The molecule has 9 heteroatoms. The van der Waals surface area contributed by atoms with E-state index in [1.54, 1.807) is 0 Å². The van der Waals surface area contributed by atoms with Crippen molar-refractivity contribution in [2.45, 2.75) is 29.5 Å². The second kappa shape index (κ2) is 6.80. The summed E-state index contributed by atoms with van der Waals surface area (Å²) in [6.07, 6.45) is 0.570. The van der Waals surface area contributed by atoms with Crippen LogP contribution in [0, 0.1) is 10.1 Å². The number of nitro benzene ring substituents is 1. The van der Waals surface area contributed by atoms with Crippen LogP contribution < -0.4 is 4.72 Å². The van der Waals surface area contributed by atoms with Gasteiger partial charge in [-0.3, -0.25) is 14.9 Å². The third-order valence-corrected chi connectivity index (χ3v) is 4.22. The van der Waals surface area contributed by atoms with Crippen molar-refractivity contribution in [3.05, 3.63) is 34.4 Å². The normalized spacial score (nSPS) is 12.7. The minimum absolute atomic E-state index is 0.0681. The van der Waals surface area contributed by atoms with Crippen LogP contribution in [0.5, 0.6) is 0 Å². The molecule has 1 atom stereocenters. The molecular formula is C11H13BrN2O5S. The summed E-state index contributed by atoms with van der Waals surface area (Å²) in [6.45, 7) is 1.85. The lowest BCUT2D eigenvalue weighted by atomic mass is 10.2. The van der Waals surface area contributed by atoms with Crippen molar-refractivity contribution in [1.82, 2.24) is 4.72 Å². The zero-order valence-electron chi connectivity index (χ0n) is 10.6. The van der Waals surface area contributed by atoms with Crippen molar-refractivity contribution in [3.8, 4) is 0 Å². The summed E-state index contributed by atoms with van der Waals surface area (Å²) >= 11 is 3.26. The number of nitro groups is 1. The molecule has 20 heavy (non-hydrogen) atoms. The molecule has 0 heterocycles. The Balaban J connectivity index is 2.78. The summed E-state index contributed by atoms with van der Waals surface area (Å²) in [5.74, 6) is -0.616. The van der Waals surface area contributed by atoms with Crippen molar-refractivity contribution in [2.75, 3.05) is 0 Å². The summed E-state index contributed by atoms with van der Waals surface area (Å²) in [5, 5.41) is 10.5. The van der Waals surface area contributed by atoms with Crippen LogP contribution in [-0.4, -0.2) is 24.1 Å². The van der Waals surface area contributed by atoms with Crippen molar-refractivity contribution in [2.24, 2.45) is 0 Å². The topological polar surface area (TPSA) is 106 Å². The van der Waals surface area contributed by atoms with Gasteiger partial charge in [-0.05, 0) is 18.6 Å². The Labute approximate surface area is 124 Å². The number of sulfonamides is 1. The molecule has 0 bridgehead atoms. The molecule has 0 aliphatic rings. The van der Waals surface area contributed by atoms with Crippen molar-refractivity contribution in [3.63, 3.8) is 0 Å². The molecule has 110 valence electrons. The number of rotatable bonds is 6. The van der Waals surface area contributed by atoms with Gasteiger partial charge in [0.25, 0.3) is 15.7 Å². The standard InChI is InChI=1S/C11H13BrN2O5S/c1-8(12)2-7-11(15)13-20(18,19)10-5-3-9(4-6-10)14(16)17/h3-6,8H,2,7H2,1H3,(H,13,15). The van der Waals surface area contributed by atoms with E-state index in [1.165, 1.54) is 0 Å². The molecule has 1 N–H and O–H groups in total. The number of hydrogen-bond donors (Lipinski definition) is 1. The van der Waals surface area contributed by atoms with Crippen LogP contribution in [0.4, 0.5) is 5.69 Å². The Morgan fingerprint density at radius 2 is 1.95 bits per heavy atom. The smallest absolute Gasteiger partial charge is 0.269 e. The average molecular weight is 365 g/mol. The van der Waals surface area contributed by atoms with Gasteiger partial charge in [-0.15, -0.1) is 0 Å². The molecule has 1 aromatic carbocycles. The van der Waals surface area contributed by atoms with E-state index in [0.29, 0.717) is 6.42 Å². The number of alkyl halides is 1. The highest BCUT2D eigenvalue weighted by atomic mass is 79.9. The van der Waals surface area contributed by atoms with E-state index in [4.69, 9.17) is 0 Å². The monoisotopic (exact) mass is 364 g/mol. The van der Waals surface area contributed by atoms with Crippen LogP contribution in [0.15, 0.2) is 29.2 Å². The molecule has 0 aromatic heterocycles. The van der Waals surface area contributed by atoms with E-state index in [-0.39, 0.29) is 21.8 Å². The first-order valence-corrected chi connectivity index (χ1v) is 8.06. The van der Waals surface area contributed by atoms with Gasteiger partial charge in [0.1, 0.15) is 0 Å². The number of carbonyl (C=O) groups excluding carboxylic acids is 1. The van der Waals surface area contributed by atoms with Crippen LogP contribution in [-0.2, 0) is 14.8 Å². The fourth-order valence-corrected chi connectivity index (χ4v) is 2.58. The van der Waals surface area contributed by atoms with Crippen LogP contribution >= 0.6 is 15.9 Å². The predicted octanol–water partition coefficient (Wildman–Crippen LogP) is 1.96. The summed E-state index contributed by atoms with van der Waals surface area (Å²) in [4.78, 5) is 21.2. The number of hydrogen-bond acceptors (Lipinski definition) is 5. The SMILES string of the molecule is CC(Br)CCC(=O)NS(=O)(=O)c1ccc([N+](=O)[O-])cc1. The molecule has 0 aliphatic carbocycles. The Hall–Kier alpha value is -1.48. The van der Waals surface area contributed by atoms with Gasteiger partial charge in [-0.1, -0.05) is 22.9 Å². The molecule has 0 fully saturated rings. The Morgan fingerprint density at radius 3 is 2.40 bits per heavy atom. The molecule has 1 aromatic rings. The lowest BCUT2D eigenvalue weighted by Gasteiger charge is -2.07. The molecule has 0 saturated carbocycles. The minimum Gasteiger partial charge on any atom is -0.274 e. The van der Waals surface area contributed by atoms with Crippen LogP contribution in [0.25, 0.3) is 0 Å². The largest absolute Gasteiger partial charge is 0.274 e. The molecule has 0 spiro atoms. The Kier molecular flexibility index (Phi) is 5.63. The van der Waals surface area contributed by atoms with Gasteiger partial charge >= 0.3 is 0 Å². The fraction of sp³-hybridized carbons (Fsp3) is 0.364. The third kappa shape index (κ3) is 4.89. The minimum atomic E-state index is -3.99. The number of nitrogens with zero attached hydrogens (tertiary/aromatic N) is 1. The van der Waals surface area contributed by atoms with Gasteiger partial charge in [-0.2, -0.15) is 0 Å². The van der Waals surface area contributed by atoms with Gasteiger partial charge in [0.05, 0.1) is 9.82 Å². The summed E-state index contributed by atoms with van der Waals surface area (Å²) in [7, 11) is -3.99. The van der Waals surface area contributed by atoms with E-state index < -0.39 is 20.9 Å². The summed E-state index contributed by atoms with van der Waals surface area (Å²) in [6, 6.07) is 4.31. The molecule has 0 saturated heterocycles. The number of benzene rings is 1. The van der Waals surface area contributed by atoms with Crippen LogP contribution in [0.3, 0.4) is 0 Å². The number of halogens is 1. The number of nitrogens with one attached hydrogen (secondary N) is 1. The fourth-order valence-electron chi connectivity index (χ4n) is 1.34. The van der Waals surface area contributed by atoms with Crippen molar-refractivity contribution >= 4 is 37.5 Å². The molecule has 1 amide bonds. The number of non-ortho nitro benzene ring substituents is 1. The Bertz CT molecular complexity index is 598. The second-order valence-electron chi connectivity index (χ2n) is 4.10. The van der Waals surface area contributed by atoms with E-state index in [2.05, 4.69) is 15.9 Å². The van der Waals surface area contributed by atoms with Crippen LogP contribution in [0.2, 0.25) is 0 Å². The maximum Gasteiger partial charge on any atom is 0.269 e. The van der Waals surface area contributed by atoms with Crippen LogP contribution in [0.1, 0.15) is 19.8 Å². The molecule has 0 aliphatic heterocycles. The first-order chi connectivity index (χ1) is 9.22. The van der Waals surface area contributed by atoms with Gasteiger partial charge < -0.3 is 0 Å². The summed E-state index contributed by atoms with van der Waals surface area (Å²) < 4.78 is 25.6. The molecular weight excluding hydrogens is 352 g/mol. The molecule has 1 rings (SSSR count). The highest BCUT2D eigenvalue weighted by Gasteiger charge is 2.18. The zero-order valence-corrected chi connectivity index (χ0v) is 13.0. The highest BCUT2D eigenvalue weighted by molar-refractivity contribution is 9.09. The van der Waals surface area contributed by atoms with Gasteiger partial charge in [0.15, 0.2) is 0 Å². The third-order valence-electron chi connectivity index (χ3n) is 2.38. The number of amides is 1. The van der Waals surface area contributed by atoms with E-state index in [9.17, 15) is 23.3 Å². The van der Waals surface area contributed by atoms with Gasteiger partial charge in [0, 0.05) is 23.4 Å². The van der Waals surface area contributed by atoms with Crippen molar-refractivity contribution < 1.29 is 18.1 Å². The molecule has 7 nitrogen and oxygen atoms in total. The predicted molar refractivity (Wildman–Crippen MR) is 76.0 cm³/mol. The van der Waals surface area contributed by atoms with Gasteiger partial charge in [-0.25, -0.2) is 13.1 Å². The Morgan fingerprint density at radius 1 is 1.40 bits per heavy atom. The lowest BCUT2D eigenvalue weighted by Crippen LogP contribution is -2.30. The first kappa shape index (κ1) is 16.6. The average Bonchev–Trinajstić information content (AvgIpc) is 2.36. The molecule has 1 unspecified atom stereocenters.